The highest BCUT2D eigenvalue weighted by molar-refractivity contribution is 5.95. The first-order valence-electron chi connectivity index (χ1n) is 7.25. The van der Waals surface area contributed by atoms with Crippen molar-refractivity contribution < 1.29 is 24.3 Å². The molecule has 0 saturated carbocycles. The molecule has 9 nitrogen and oxygen atoms in total. The summed E-state index contributed by atoms with van der Waals surface area (Å²) in [5.41, 5.74) is 2.56. The van der Waals surface area contributed by atoms with Crippen LogP contribution in [0.3, 0.4) is 0 Å². The summed E-state index contributed by atoms with van der Waals surface area (Å²) in [6.45, 7) is 0.872. The number of nitrogens with zero attached hydrogens (tertiary/aromatic N) is 2. The summed E-state index contributed by atoms with van der Waals surface area (Å²) in [5.74, 6) is 0.142. The highest BCUT2D eigenvalue weighted by Gasteiger charge is 2.15. The average molecular weight is 343 g/mol. The van der Waals surface area contributed by atoms with E-state index in [1.807, 2.05) is 0 Å². The Labute approximate surface area is 141 Å². The number of aromatic hydroxyl groups is 1. The van der Waals surface area contributed by atoms with Gasteiger partial charge in [0, 0.05) is 17.2 Å². The summed E-state index contributed by atoms with van der Waals surface area (Å²) in [7, 11) is 0. The predicted molar refractivity (Wildman–Crippen MR) is 87.3 cm³/mol. The van der Waals surface area contributed by atoms with Gasteiger partial charge in [0.2, 0.25) is 0 Å². The number of benzene rings is 2. The van der Waals surface area contributed by atoms with Gasteiger partial charge in [-0.3, -0.25) is 14.9 Å². The molecule has 2 aromatic carbocycles. The maximum absolute atomic E-state index is 12.1. The van der Waals surface area contributed by atoms with Crippen molar-refractivity contribution in [1.29, 1.82) is 0 Å². The Morgan fingerprint density at radius 1 is 1.20 bits per heavy atom. The fraction of sp³-hybridized carbons (Fsp3) is 0.125. The largest absolute Gasteiger partial charge is 0.502 e. The Bertz CT molecular complexity index is 865. The van der Waals surface area contributed by atoms with Crippen molar-refractivity contribution in [3.05, 3.63) is 57.6 Å². The number of nitro benzene ring substituents is 1. The second-order valence-corrected chi connectivity index (χ2v) is 5.06. The van der Waals surface area contributed by atoms with Crippen molar-refractivity contribution in [2.45, 2.75) is 0 Å². The number of phenols is 1. The fourth-order valence-electron chi connectivity index (χ4n) is 2.18. The number of hydrazone groups is 1. The van der Waals surface area contributed by atoms with Gasteiger partial charge in [-0.05, 0) is 30.3 Å². The zero-order valence-electron chi connectivity index (χ0n) is 12.8. The number of hydrogen-bond donors (Lipinski definition) is 2. The van der Waals surface area contributed by atoms with Crippen LogP contribution < -0.4 is 14.9 Å². The minimum Gasteiger partial charge on any atom is -0.502 e. The number of phenolic OH excluding ortho intramolecular Hbond substituents is 1. The highest BCUT2D eigenvalue weighted by atomic mass is 16.6. The van der Waals surface area contributed by atoms with Gasteiger partial charge in [0.15, 0.2) is 17.2 Å². The van der Waals surface area contributed by atoms with E-state index in [1.165, 1.54) is 18.3 Å². The smallest absolute Gasteiger partial charge is 0.311 e. The summed E-state index contributed by atoms with van der Waals surface area (Å²) in [6, 6.07) is 8.52. The Balaban J connectivity index is 1.69. The number of carbonyl (C=O) groups is 1. The van der Waals surface area contributed by atoms with Gasteiger partial charge < -0.3 is 14.6 Å². The Kier molecular flexibility index (Phi) is 4.46. The summed E-state index contributed by atoms with van der Waals surface area (Å²) >= 11 is 0. The molecule has 0 unspecified atom stereocenters. The molecule has 0 fully saturated rings. The molecule has 0 atom stereocenters. The maximum Gasteiger partial charge on any atom is 0.311 e. The highest BCUT2D eigenvalue weighted by Crippen LogP contribution is 2.30. The summed E-state index contributed by atoms with van der Waals surface area (Å²) < 4.78 is 10.8. The molecule has 1 aliphatic rings. The lowest BCUT2D eigenvalue weighted by Gasteiger charge is -2.18. The third kappa shape index (κ3) is 3.66. The molecule has 0 aliphatic carbocycles. The van der Waals surface area contributed by atoms with Crippen LogP contribution in [0.25, 0.3) is 0 Å². The van der Waals surface area contributed by atoms with Crippen LogP contribution in [0.5, 0.6) is 17.2 Å². The van der Waals surface area contributed by atoms with Gasteiger partial charge in [-0.25, -0.2) is 5.43 Å². The number of carbonyl (C=O) groups excluding carboxylic acids is 1. The van der Waals surface area contributed by atoms with E-state index >= 15 is 0 Å². The predicted octanol–water partition coefficient (Wildman–Crippen LogP) is 1.84. The third-order valence-electron chi connectivity index (χ3n) is 3.38. The van der Waals surface area contributed by atoms with Crippen LogP contribution in [-0.4, -0.2) is 35.4 Å². The topological polar surface area (TPSA) is 123 Å². The molecule has 0 bridgehead atoms. The number of ether oxygens (including phenoxy) is 2. The van der Waals surface area contributed by atoms with E-state index in [0.717, 1.165) is 6.07 Å². The standard InChI is InChI=1S/C16H13N3O6/c20-13-3-1-10(7-12(13)19(22)23)9-17-18-16(21)11-2-4-14-15(8-11)25-6-5-24-14/h1-4,7-9,20H,5-6H2,(H,18,21). The molecule has 25 heavy (non-hydrogen) atoms. The molecule has 1 heterocycles. The van der Waals surface area contributed by atoms with E-state index in [0.29, 0.717) is 35.8 Å². The zero-order chi connectivity index (χ0) is 17.8. The van der Waals surface area contributed by atoms with Crippen molar-refractivity contribution in [2.24, 2.45) is 5.10 Å². The second-order valence-electron chi connectivity index (χ2n) is 5.06. The molecule has 1 aliphatic heterocycles. The molecule has 0 saturated heterocycles. The molecular weight excluding hydrogens is 330 g/mol. The molecule has 9 heteroatoms. The number of nitrogens with one attached hydrogen (secondary N) is 1. The van der Waals surface area contributed by atoms with Gasteiger partial charge in [-0.15, -0.1) is 0 Å². The molecule has 0 radical (unpaired) electrons. The lowest BCUT2D eigenvalue weighted by Crippen LogP contribution is -2.19. The fourth-order valence-corrected chi connectivity index (χ4v) is 2.18. The van der Waals surface area contributed by atoms with Crippen LogP contribution in [-0.2, 0) is 0 Å². The number of amides is 1. The quantitative estimate of drug-likeness (QED) is 0.496. The second kappa shape index (κ2) is 6.87. The minimum absolute atomic E-state index is 0.332. The number of fused-ring (bicyclic) bond motifs is 1. The van der Waals surface area contributed by atoms with E-state index in [9.17, 15) is 20.0 Å². The van der Waals surface area contributed by atoms with Crippen LogP contribution >= 0.6 is 0 Å². The van der Waals surface area contributed by atoms with Gasteiger partial charge >= 0.3 is 5.69 Å². The van der Waals surface area contributed by atoms with Crippen LogP contribution in [0, 0.1) is 10.1 Å². The van der Waals surface area contributed by atoms with Crippen molar-refractivity contribution in [2.75, 3.05) is 13.2 Å². The van der Waals surface area contributed by atoms with E-state index in [4.69, 9.17) is 9.47 Å². The minimum atomic E-state index is -0.708. The zero-order valence-corrected chi connectivity index (χ0v) is 12.8. The van der Waals surface area contributed by atoms with Crippen molar-refractivity contribution in [3.8, 4) is 17.2 Å². The first kappa shape index (κ1) is 16.2. The first-order chi connectivity index (χ1) is 12.0. The number of hydrogen-bond acceptors (Lipinski definition) is 7. The van der Waals surface area contributed by atoms with Crippen LogP contribution in [0.15, 0.2) is 41.5 Å². The lowest BCUT2D eigenvalue weighted by atomic mass is 10.2. The summed E-state index contributed by atoms with van der Waals surface area (Å²) in [5, 5.41) is 23.9. The summed E-state index contributed by atoms with van der Waals surface area (Å²) in [4.78, 5) is 22.1. The van der Waals surface area contributed by atoms with Gasteiger partial charge in [0.1, 0.15) is 13.2 Å². The average Bonchev–Trinajstić information content (AvgIpc) is 2.62. The monoisotopic (exact) mass is 343 g/mol. The van der Waals surface area contributed by atoms with Gasteiger partial charge in [-0.1, -0.05) is 0 Å². The van der Waals surface area contributed by atoms with E-state index < -0.39 is 22.3 Å². The molecule has 0 spiro atoms. The maximum atomic E-state index is 12.1. The van der Waals surface area contributed by atoms with Gasteiger partial charge in [0.25, 0.3) is 5.91 Å². The molecule has 128 valence electrons. The van der Waals surface area contributed by atoms with Crippen molar-refractivity contribution in [3.63, 3.8) is 0 Å². The van der Waals surface area contributed by atoms with E-state index in [2.05, 4.69) is 10.5 Å². The van der Waals surface area contributed by atoms with Gasteiger partial charge in [-0.2, -0.15) is 5.10 Å². The molecule has 2 aromatic rings. The lowest BCUT2D eigenvalue weighted by molar-refractivity contribution is -0.385. The number of nitro groups is 1. The molecule has 3 rings (SSSR count). The molecule has 0 aromatic heterocycles. The van der Waals surface area contributed by atoms with Crippen molar-refractivity contribution in [1.82, 2.24) is 5.43 Å². The van der Waals surface area contributed by atoms with E-state index in [-0.39, 0.29) is 0 Å². The molecular formula is C16H13N3O6. The number of rotatable bonds is 4. The van der Waals surface area contributed by atoms with Crippen molar-refractivity contribution >= 4 is 17.8 Å². The van der Waals surface area contributed by atoms with Gasteiger partial charge in [0.05, 0.1) is 11.1 Å². The van der Waals surface area contributed by atoms with Crippen LogP contribution in [0.1, 0.15) is 15.9 Å². The van der Waals surface area contributed by atoms with Crippen LogP contribution in [0.4, 0.5) is 5.69 Å². The first-order valence-corrected chi connectivity index (χ1v) is 7.25. The Hall–Kier alpha value is -3.62. The van der Waals surface area contributed by atoms with E-state index in [1.54, 1.807) is 18.2 Å². The molecule has 2 N–H and O–H groups in total. The Morgan fingerprint density at radius 2 is 1.96 bits per heavy atom. The SMILES string of the molecule is O=C(NN=Cc1ccc(O)c([N+](=O)[O-])c1)c1ccc2c(c1)OCCO2. The third-order valence-corrected chi connectivity index (χ3v) is 3.38. The normalized spacial score (nSPS) is 12.8. The molecule has 1 amide bonds. The summed E-state index contributed by atoms with van der Waals surface area (Å²) in [6.07, 6.45) is 1.24. The van der Waals surface area contributed by atoms with Crippen LogP contribution in [0.2, 0.25) is 0 Å². The Morgan fingerprint density at radius 3 is 2.72 bits per heavy atom.